The SMILES string of the molecule is Cc1cc(C)cc(N2C(=O)C(Nc3ccc(OC(C)C)cc3)=C(c3ccccc3)C2=O)c1. The van der Waals surface area contributed by atoms with E-state index in [9.17, 15) is 9.59 Å². The second kappa shape index (κ2) is 8.71. The van der Waals surface area contributed by atoms with Crippen LogP contribution in [0, 0.1) is 13.8 Å². The third-order valence-electron chi connectivity index (χ3n) is 5.11. The fourth-order valence-electron chi connectivity index (χ4n) is 3.87. The van der Waals surface area contributed by atoms with Gasteiger partial charge in [0.25, 0.3) is 11.8 Å². The summed E-state index contributed by atoms with van der Waals surface area (Å²) in [7, 11) is 0. The van der Waals surface area contributed by atoms with Crippen LogP contribution in [-0.2, 0) is 9.59 Å². The van der Waals surface area contributed by atoms with Crippen LogP contribution in [0.15, 0.2) is 78.5 Å². The van der Waals surface area contributed by atoms with Crippen molar-refractivity contribution >= 4 is 28.8 Å². The quantitative estimate of drug-likeness (QED) is 0.530. The van der Waals surface area contributed by atoms with Crippen molar-refractivity contribution in [1.82, 2.24) is 0 Å². The lowest BCUT2D eigenvalue weighted by Crippen LogP contribution is -2.32. The predicted molar refractivity (Wildman–Crippen MR) is 128 cm³/mol. The highest BCUT2D eigenvalue weighted by Gasteiger charge is 2.40. The van der Waals surface area contributed by atoms with Crippen LogP contribution in [0.25, 0.3) is 5.57 Å². The highest BCUT2D eigenvalue weighted by molar-refractivity contribution is 6.46. The Hall–Kier alpha value is -3.86. The molecule has 0 unspecified atom stereocenters. The number of aryl methyl sites for hydroxylation is 2. The summed E-state index contributed by atoms with van der Waals surface area (Å²) in [5.41, 5.74) is 4.57. The van der Waals surface area contributed by atoms with Crippen LogP contribution in [0.5, 0.6) is 5.75 Å². The van der Waals surface area contributed by atoms with Crippen LogP contribution < -0.4 is 15.0 Å². The van der Waals surface area contributed by atoms with E-state index in [1.165, 1.54) is 4.90 Å². The first kappa shape index (κ1) is 21.4. The lowest BCUT2D eigenvalue weighted by Gasteiger charge is -2.17. The minimum absolute atomic E-state index is 0.0709. The van der Waals surface area contributed by atoms with Gasteiger partial charge in [-0.15, -0.1) is 0 Å². The molecule has 3 aromatic rings. The minimum Gasteiger partial charge on any atom is -0.491 e. The molecular formula is C27H26N2O3. The number of imide groups is 1. The maximum atomic E-state index is 13.5. The molecule has 5 nitrogen and oxygen atoms in total. The number of rotatable bonds is 6. The molecule has 0 saturated carbocycles. The number of hydrogen-bond donors (Lipinski definition) is 1. The molecule has 0 aliphatic carbocycles. The van der Waals surface area contributed by atoms with Gasteiger partial charge in [0.15, 0.2) is 0 Å². The summed E-state index contributed by atoms with van der Waals surface area (Å²) in [5.74, 6) is 0.0309. The number of ether oxygens (including phenoxy) is 1. The van der Waals surface area contributed by atoms with Gasteiger partial charge in [-0.1, -0.05) is 36.4 Å². The zero-order valence-electron chi connectivity index (χ0n) is 18.7. The first-order valence-electron chi connectivity index (χ1n) is 10.6. The Kier molecular flexibility index (Phi) is 5.82. The van der Waals surface area contributed by atoms with Crippen LogP contribution in [0.1, 0.15) is 30.5 Å². The molecule has 0 saturated heterocycles. The molecule has 32 heavy (non-hydrogen) atoms. The Balaban J connectivity index is 1.74. The maximum Gasteiger partial charge on any atom is 0.282 e. The number of benzene rings is 3. The number of nitrogens with one attached hydrogen (secondary N) is 1. The first-order chi connectivity index (χ1) is 15.3. The van der Waals surface area contributed by atoms with Crippen molar-refractivity contribution in [3.63, 3.8) is 0 Å². The zero-order chi connectivity index (χ0) is 22.8. The lowest BCUT2D eigenvalue weighted by atomic mass is 10.0. The van der Waals surface area contributed by atoms with E-state index in [2.05, 4.69) is 5.32 Å². The van der Waals surface area contributed by atoms with Gasteiger partial charge in [-0.2, -0.15) is 0 Å². The van der Waals surface area contributed by atoms with E-state index in [0.717, 1.165) is 16.9 Å². The molecule has 0 spiro atoms. The summed E-state index contributed by atoms with van der Waals surface area (Å²) >= 11 is 0. The number of amides is 2. The van der Waals surface area contributed by atoms with Gasteiger partial charge < -0.3 is 10.1 Å². The summed E-state index contributed by atoms with van der Waals surface area (Å²) in [5, 5.41) is 3.19. The summed E-state index contributed by atoms with van der Waals surface area (Å²) in [6.45, 7) is 7.83. The van der Waals surface area contributed by atoms with Crippen LogP contribution in [0.4, 0.5) is 11.4 Å². The van der Waals surface area contributed by atoms with Gasteiger partial charge in [-0.25, -0.2) is 4.90 Å². The van der Waals surface area contributed by atoms with Gasteiger partial charge >= 0.3 is 0 Å². The number of carbonyl (C=O) groups is 2. The largest absolute Gasteiger partial charge is 0.491 e. The van der Waals surface area contributed by atoms with Crippen molar-refractivity contribution in [3.8, 4) is 5.75 Å². The molecule has 0 radical (unpaired) electrons. The van der Waals surface area contributed by atoms with Gasteiger partial charge in [-0.3, -0.25) is 9.59 Å². The average Bonchev–Trinajstić information content (AvgIpc) is 2.98. The minimum atomic E-state index is -0.374. The van der Waals surface area contributed by atoms with Crippen molar-refractivity contribution in [2.75, 3.05) is 10.2 Å². The van der Waals surface area contributed by atoms with Crippen molar-refractivity contribution in [3.05, 3.63) is 95.2 Å². The molecule has 162 valence electrons. The van der Waals surface area contributed by atoms with Gasteiger partial charge in [0.1, 0.15) is 11.4 Å². The lowest BCUT2D eigenvalue weighted by molar-refractivity contribution is -0.120. The second-order valence-corrected chi connectivity index (χ2v) is 8.22. The average molecular weight is 427 g/mol. The van der Waals surface area contributed by atoms with E-state index in [0.29, 0.717) is 22.5 Å². The van der Waals surface area contributed by atoms with Crippen molar-refractivity contribution < 1.29 is 14.3 Å². The van der Waals surface area contributed by atoms with Gasteiger partial charge in [0, 0.05) is 5.69 Å². The molecule has 0 bridgehead atoms. The van der Waals surface area contributed by atoms with E-state index >= 15 is 0 Å². The molecule has 0 atom stereocenters. The monoisotopic (exact) mass is 426 g/mol. The Bertz CT molecular complexity index is 1180. The van der Waals surface area contributed by atoms with E-state index in [1.54, 1.807) is 0 Å². The third kappa shape index (κ3) is 4.28. The highest BCUT2D eigenvalue weighted by atomic mass is 16.5. The molecule has 5 heteroatoms. The Labute approximate surface area is 188 Å². The zero-order valence-corrected chi connectivity index (χ0v) is 18.7. The summed E-state index contributed by atoms with van der Waals surface area (Å²) < 4.78 is 5.70. The normalized spacial score (nSPS) is 13.8. The molecule has 3 aromatic carbocycles. The molecule has 2 amide bonds. The Morgan fingerprint density at radius 2 is 1.44 bits per heavy atom. The summed E-state index contributed by atoms with van der Waals surface area (Å²) in [4.78, 5) is 28.3. The Morgan fingerprint density at radius 1 is 0.812 bits per heavy atom. The molecule has 1 N–H and O–H groups in total. The Morgan fingerprint density at radius 3 is 2.03 bits per heavy atom. The van der Waals surface area contributed by atoms with E-state index in [-0.39, 0.29) is 23.6 Å². The van der Waals surface area contributed by atoms with Crippen molar-refractivity contribution in [2.45, 2.75) is 33.8 Å². The predicted octanol–water partition coefficient (Wildman–Crippen LogP) is 5.49. The molecule has 0 fully saturated rings. The van der Waals surface area contributed by atoms with Gasteiger partial charge in [0.2, 0.25) is 0 Å². The smallest absolute Gasteiger partial charge is 0.282 e. The molecule has 0 aromatic heterocycles. The number of anilines is 2. The molecule has 1 aliphatic heterocycles. The van der Waals surface area contributed by atoms with Crippen molar-refractivity contribution in [2.24, 2.45) is 0 Å². The standard InChI is InChI=1S/C27H26N2O3/c1-17(2)32-23-12-10-21(11-13-23)28-25-24(20-8-6-5-7-9-20)26(30)29(27(25)31)22-15-18(3)14-19(4)16-22/h5-17,28H,1-4H3. The van der Waals surface area contributed by atoms with E-state index < -0.39 is 0 Å². The van der Waals surface area contributed by atoms with Crippen molar-refractivity contribution in [1.29, 1.82) is 0 Å². The van der Waals surface area contributed by atoms with E-state index in [1.807, 2.05) is 100 Å². The maximum absolute atomic E-state index is 13.5. The topological polar surface area (TPSA) is 58.6 Å². The molecule has 1 heterocycles. The summed E-state index contributed by atoms with van der Waals surface area (Å²) in [6, 6.07) is 22.4. The first-order valence-corrected chi connectivity index (χ1v) is 10.6. The fraction of sp³-hybridized carbons (Fsp3) is 0.185. The van der Waals surface area contributed by atoms with E-state index in [4.69, 9.17) is 4.74 Å². The second-order valence-electron chi connectivity index (χ2n) is 8.22. The highest BCUT2D eigenvalue weighted by Crippen LogP contribution is 2.34. The number of hydrogen-bond acceptors (Lipinski definition) is 4. The number of carbonyl (C=O) groups excluding carboxylic acids is 2. The van der Waals surface area contributed by atoms with Crippen LogP contribution in [-0.4, -0.2) is 17.9 Å². The van der Waals surface area contributed by atoms with Crippen LogP contribution >= 0.6 is 0 Å². The van der Waals surface area contributed by atoms with Crippen LogP contribution in [0.2, 0.25) is 0 Å². The van der Waals surface area contributed by atoms with Crippen LogP contribution in [0.3, 0.4) is 0 Å². The third-order valence-corrected chi connectivity index (χ3v) is 5.11. The number of nitrogens with zero attached hydrogens (tertiary/aromatic N) is 1. The molecule has 4 rings (SSSR count). The van der Waals surface area contributed by atoms with Gasteiger partial charge in [-0.05, 0) is 80.8 Å². The van der Waals surface area contributed by atoms with Gasteiger partial charge in [0.05, 0.1) is 17.4 Å². The molecule has 1 aliphatic rings. The molecular weight excluding hydrogens is 400 g/mol. The summed E-state index contributed by atoms with van der Waals surface area (Å²) in [6.07, 6.45) is 0.0709. The fourth-order valence-corrected chi connectivity index (χ4v) is 3.87.